The molecule has 0 aliphatic heterocycles. The zero-order valence-electron chi connectivity index (χ0n) is 8.09. The van der Waals surface area contributed by atoms with Crippen LogP contribution in [0.15, 0.2) is 0 Å². The van der Waals surface area contributed by atoms with Gasteiger partial charge in [0.1, 0.15) is 0 Å². The minimum absolute atomic E-state index is 0.122. The molecule has 0 aromatic rings. The lowest BCUT2D eigenvalue weighted by molar-refractivity contribution is 0.135. The Morgan fingerprint density at radius 3 is 1.36 bits per heavy atom. The Morgan fingerprint density at radius 2 is 1.36 bits per heavy atom. The maximum absolute atomic E-state index is 7.94. The SMILES string of the molecule is COCCO.CSC.CSC. The number of thioether (sulfide) groups is 2. The van der Waals surface area contributed by atoms with Gasteiger partial charge >= 0.3 is 0 Å². The second-order valence-corrected chi connectivity index (χ2v) is 3.17. The van der Waals surface area contributed by atoms with Crippen LogP contribution in [0.1, 0.15) is 0 Å². The summed E-state index contributed by atoms with van der Waals surface area (Å²) < 4.78 is 4.44. The molecule has 0 heterocycles. The number of rotatable bonds is 2. The molecular weight excluding hydrogens is 180 g/mol. The van der Waals surface area contributed by atoms with E-state index >= 15 is 0 Å². The first-order valence-corrected chi connectivity index (χ1v) is 6.41. The third kappa shape index (κ3) is 115. The second kappa shape index (κ2) is 31.1. The fourth-order valence-corrected chi connectivity index (χ4v) is 0.0913. The van der Waals surface area contributed by atoms with Gasteiger partial charge in [-0.2, -0.15) is 23.5 Å². The monoisotopic (exact) mass is 200 g/mol. The molecule has 1 N–H and O–H groups in total. The molecule has 0 spiro atoms. The number of hydrogen-bond acceptors (Lipinski definition) is 4. The van der Waals surface area contributed by atoms with Crippen LogP contribution in [0.4, 0.5) is 0 Å². The molecule has 2 nitrogen and oxygen atoms in total. The van der Waals surface area contributed by atoms with Crippen molar-refractivity contribution in [1.29, 1.82) is 0 Å². The summed E-state index contributed by atoms with van der Waals surface area (Å²) in [6.45, 7) is 0.566. The highest BCUT2D eigenvalue weighted by Gasteiger charge is 1.67. The predicted molar refractivity (Wildman–Crippen MR) is 57.8 cm³/mol. The van der Waals surface area contributed by atoms with Crippen molar-refractivity contribution in [1.82, 2.24) is 0 Å². The number of hydrogen-bond donors (Lipinski definition) is 1. The van der Waals surface area contributed by atoms with Crippen LogP contribution in [0.2, 0.25) is 0 Å². The normalized spacial score (nSPS) is 7.09. The molecule has 0 fully saturated rings. The van der Waals surface area contributed by atoms with Gasteiger partial charge in [-0.1, -0.05) is 0 Å². The molecule has 0 atom stereocenters. The standard InChI is InChI=1S/C3H8O2.2C2H6S/c1-5-3-2-4;2*1-3-2/h4H,2-3H2,1H3;2*1-2H3. The van der Waals surface area contributed by atoms with Gasteiger partial charge in [0.15, 0.2) is 0 Å². The quantitative estimate of drug-likeness (QED) is 0.733. The van der Waals surface area contributed by atoms with Gasteiger partial charge in [-0.15, -0.1) is 0 Å². The van der Waals surface area contributed by atoms with E-state index in [0.29, 0.717) is 6.61 Å². The molecule has 11 heavy (non-hydrogen) atoms. The van der Waals surface area contributed by atoms with E-state index in [0.717, 1.165) is 0 Å². The van der Waals surface area contributed by atoms with E-state index in [1.165, 1.54) is 0 Å². The minimum atomic E-state index is 0.122. The van der Waals surface area contributed by atoms with E-state index in [-0.39, 0.29) is 6.61 Å². The minimum Gasteiger partial charge on any atom is -0.394 e. The first-order valence-electron chi connectivity index (χ1n) is 3.15. The van der Waals surface area contributed by atoms with Crippen LogP contribution in [-0.2, 0) is 4.74 Å². The number of ether oxygens (including phenoxy) is 1. The van der Waals surface area contributed by atoms with Crippen LogP contribution < -0.4 is 0 Å². The molecular formula is C7H20O2S2. The van der Waals surface area contributed by atoms with Gasteiger partial charge in [0.2, 0.25) is 0 Å². The molecule has 0 aliphatic carbocycles. The molecule has 0 amide bonds. The summed E-state index contributed by atoms with van der Waals surface area (Å²) >= 11 is 3.50. The van der Waals surface area contributed by atoms with Crippen LogP contribution in [-0.4, -0.2) is 50.5 Å². The van der Waals surface area contributed by atoms with Crippen molar-refractivity contribution in [2.75, 3.05) is 45.3 Å². The van der Waals surface area contributed by atoms with Gasteiger partial charge < -0.3 is 9.84 Å². The molecule has 0 rings (SSSR count). The number of aliphatic hydroxyl groups is 1. The van der Waals surface area contributed by atoms with Crippen LogP contribution in [0.5, 0.6) is 0 Å². The van der Waals surface area contributed by atoms with Gasteiger partial charge in [0.05, 0.1) is 13.2 Å². The van der Waals surface area contributed by atoms with E-state index in [4.69, 9.17) is 5.11 Å². The smallest absolute Gasteiger partial charge is 0.0693 e. The predicted octanol–water partition coefficient (Wildman–Crippen LogP) is 1.58. The maximum Gasteiger partial charge on any atom is 0.0693 e. The van der Waals surface area contributed by atoms with Crippen molar-refractivity contribution in [2.24, 2.45) is 0 Å². The fourth-order valence-electron chi connectivity index (χ4n) is 0.0913. The van der Waals surface area contributed by atoms with Gasteiger partial charge in [0.25, 0.3) is 0 Å². The summed E-state index contributed by atoms with van der Waals surface area (Å²) in [5.74, 6) is 0. The lowest BCUT2D eigenvalue weighted by atomic mass is 10.8. The summed E-state index contributed by atoms with van der Waals surface area (Å²) in [5, 5.41) is 7.94. The summed E-state index contributed by atoms with van der Waals surface area (Å²) in [6, 6.07) is 0. The zero-order chi connectivity index (χ0) is 9.54. The molecule has 0 aliphatic rings. The highest BCUT2D eigenvalue weighted by Crippen LogP contribution is 1.70. The van der Waals surface area contributed by atoms with Gasteiger partial charge in [0, 0.05) is 7.11 Å². The first kappa shape index (κ1) is 17.6. The topological polar surface area (TPSA) is 29.5 Å². The average Bonchev–Trinajstić information content (AvgIpc) is 1.92. The largest absolute Gasteiger partial charge is 0.394 e. The third-order valence-corrected chi connectivity index (χ3v) is 0.295. The Bertz CT molecular complexity index is 33.6. The Kier molecular flexibility index (Phi) is 49.9. The molecule has 0 saturated carbocycles. The summed E-state index contributed by atoms with van der Waals surface area (Å²) in [7, 11) is 1.55. The van der Waals surface area contributed by atoms with Crippen molar-refractivity contribution in [2.45, 2.75) is 0 Å². The fraction of sp³-hybridized carbons (Fsp3) is 1.00. The zero-order valence-corrected chi connectivity index (χ0v) is 9.72. The van der Waals surface area contributed by atoms with Gasteiger partial charge in [-0.05, 0) is 25.0 Å². The molecule has 0 bridgehead atoms. The Hall–Kier alpha value is 0.620. The van der Waals surface area contributed by atoms with Crippen molar-refractivity contribution in [3.8, 4) is 0 Å². The molecule has 0 aromatic carbocycles. The summed E-state index contributed by atoms with van der Waals surface area (Å²) in [6.07, 6.45) is 8.17. The molecule has 0 saturated heterocycles. The van der Waals surface area contributed by atoms with E-state index in [1.54, 1.807) is 30.6 Å². The van der Waals surface area contributed by atoms with Crippen molar-refractivity contribution in [3.63, 3.8) is 0 Å². The summed E-state index contributed by atoms with van der Waals surface area (Å²) in [5.41, 5.74) is 0. The average molecular weight is 200 g/mol. The van der Waals surface area contributed by atoms with Crippen LogP contribution in [0.3, 0.4) is 0 Å². The highest BCUT2D eigenvalue weighted by molar-refractivity contribution is 7.98. The lowest BCUT2D eigenvalue weighted by Gasteiger charge is -1.84. The van der Waals surface area contributed by atoms with Gasteiger partial charge in [-0.3, -0.25) is 0 Å². The van der Waals surface area contributed by atoms with Crippen LogP contribution in [0.25, 0.3) is 0 Å². The van der Waals surface area contributed by atoms with E-state index in [1.807, 2.05) is 25.0 Å². The number of methoxy groups -OCH3 is 1. The Balaban J connectivity index is -0.0000000933. The third-order valence-electron chi connectivity index (χ3n) is 0.295. The lowest BCUT2D eigenvalue weighted by Crippen LogP contribution is -1.91. The first-order chi connectivity index (χ1) is 5.24. The van der Waals surface area contributed by atoms with Crippen molar-refractivity contribution in [3.05, 3.63) is 0 Å². The summed E-state index contributed by atoms with van der Waals surface area (Å²) in [4.78, 5) is 0. The maximum atomic E-state index is 7.94. The van der Waals surface area contributed by atoms with Crippen LogP contribution >= 0.6 is 23.5 Å². The van der Waals surface area contributed by atoms with Crippen LogP contribution in [0, 0.1) is 0 Å². The second-order valence-electron chi connectivity index (χ2n) is 1.53. The van der Waals surface area contributed by atoms with E-state index in [2.05, 4.69) is 4.74 Å². The molecule has 4 heteroatoms. The van der Waals surface area contributed by atoms with E-state index < -0.39 is 0 Å². The van der Waals surface area contributed by atoms with Gasteiger partial charge in [-0.25, -0.2) is 0 Å². The molecule has 0 aromatic heterocycles. The Labute approximate surface area is 79.1 Å². The molecule has 72 valence electrons. The van der Waals surface area contributed by atoms with E-state index in [9.17, 15) is 0 Å². The molecule has 0 radical (unpaired) electrons. The Morgan fingerprint density at radius 1 is 1.09 bits per heavy atom. The van der Waals surface area contributed by atoms with Crippen molar-refractivity contribution < 1.29 is 9.84 Å². The number of aliphatic hydroxyl groups excluding tert-OH is 1. The molecule has 0 unspecified atom stereocenters. The highest BCUT2D eigenvalue weighted by atomic mass is 32.2. The van der Waals surface area contributed by atoms with Crippen molar-refractivity contribution >= 4 is 23.5 Å².